The highest BCUT2D eigenvalue weighted by atomic mass is 19.1. The Morgan fingerprint density at radius 3 is 2.48 bits per heavy atom. The maximum absolute atomic E-state index is 13.1. The van der Waals surface area contributed by atoms with Crippen molar-refractivity contribution < 1.29 is 28.0 Å². The Labute approximate surface area is 177 Å². The predicted octanol–water partition coefficient (Wildman–Crippen LogP) is 3.33. The third-order valence-electron chi connectivity index (χ3n) is 4.25. The summed E-state index contributed by atoms with van der Waals surface area (Å²) in [6.45, 7) is 4.99. The molecule has 0 saturated heterocycles. The third kappa shape index (κ3) is 5.03. The van der Waals surface area contributed by atoms with Gasteiger partial charge in [0.05, 0.1) is 19.1 Å². The fourth-order valence-electron chi connectivity index (χ4n) is 2.52. The van der Waals surface area contributed by atoms with Crippen molar-refractivity contribution in [2.45, 2.75) is 26.8 Å². The summed E-state index contributed by atoms with van der Waals surface area (Å²) < 4.78 is 28.8. The molecule has 31 heavy (non-hydrogen) atoms. The number of nitrogens with one attached hydrogen (secondary N) is 1. The SMILES string of the molecule is COc1ccnc(C(=O)NC(C)c2noc(-c3ccc(F)cc3)n2)c1OC(=O)C(C)C. The van der Waals surface area contributed by atoms with Crippen LogP contribution in [0.4, 0.5) is 4.39 Å². The number of pyridine rings is 1. The molecule has 3 aromatic rings. The first-order chi connectivity index (χ1) is 14.8. The molecule has 162 valence electrons. The van der Waals surface area contributed by atoms with Gasteiger partial charge in [0.1, 0.15) is 5.82 Å². The molecule has 0 radical (unpaired) electrons. The predicted molar refractivity (Wildman–Crippen MR) is 107 cm³/mol. The van der Waals surface area contributed by atoms with Crippen LogP contribution in [0.5, 0.6) is 11.5 Å². The number of methoxy groups -OCH3 is 1. The van der Waals surface area contributed by atoms with E-state index in [1.54, 1.807) is 20.8 Å². The van der Waals surface area contributed by atoms with E-state index < -0.39 is 23.8 Å². The molecule has 1 unspecified atom stereocenters. The highest BCUT2D eigenvalue weighted by Crippen LogP contribution is 2.30. The molecule has 0 fully saturated rings. The Bertz CT molecular complexity index is 1080. The second-order valence-corrected chi connectivity index (χ2v) is 6.93. The van der Waals surface area contributed by atoms with Crippen LogP contribution in [0.15, 0.2) is 41.1 Å². The van der Waals surface area contributed by atoms with Crippen LogP contribution in [0.2, 0.25) is 0 Å². The standard InChI is InChI=1S/C21H21FN4O5/c1-11(2)21(28)30-17-15(29-4)9-10-23-16(17)19(27)24-12(3)18-25-20(31-26-18)13-5-7-14(22)8-6-13/h5-12H,1-4H3,(H,24,27). The van der Waals surface area contributed by atoms with Crippen molar-refractivity contribution in [2.24, 2.45) is 5.92 Å². The van der Waals surface area contributed by atoms with Gasteiger partial charge in [0.25, 0.3) is 11.8 Å². The zero-order valence-electron chi connectivity index (χ0n) is 17.4. The van der Waals surface area contributed by atoms with Gasteiger partial charge in [-0.3, -0.25) is 9.59 Å². The summed E-state index contributed by atoms with van der Waals surface area (Å²) in [5, 5.41) is 6.55. The van der Waals surface area contributed by atoms with Crippen LogP contribution >= 0.6 is 0 Å². The van der Waals surface area contributed by atoms with E-state index in [-0.39, 0.29) is 34.7 Å². The van der Waals surface area contributed by atoms with Gasteiger partial charge in [0.15, 0.2) is 17.3 Å². The van der Waals surface area contributed by atoms with Crippen molar-refractivity contribution in [2.75, 3.05) is 7.11 Å². The number of hydrogen-bond acceptors (Lipinski definition) is 8. The van der Waals surface area contributed by atoms with E-state index in [4.69, 9.17) is 14.0 Å². The molecular weight excluding hydrogens is 407 g/mol. The topological polar surface area (TPSA) is 116 Å². The van der Waals surface area contributed by atoms with Crippen molar-refractivity contribution in [3.63, 3.8) is 0 Å². The van der Waals surface area contributed by atoms with E-state index in [9.17, 15) is 14.0 Å². The van der Waals surface area contributed by atoms with Gasteiger partial charge < -0.3 is 19.3 Å². The summed E-state index contributed by atoms with van der Waals surface area (Å²) in [6.07, 6.45) is 1.37. The number of halogens is 1. The number of aromatic nitrogens is 3. The average Bonchev–Trinajstić information content (AvgIpc) is 3.24. The van der Waals surface area contributed by atoms with Crippen molar-refractivity contribution in [1.29, 1.82) is 0 Å². The normalized spacial score (nSPS) is 11.8. The number of benzene rings is 1. The van der Waals surface area contributed by atoms with Crippen molar-refractivity contribution in [1.82, 2.24) is 20.4 Å². The Kier molecular flexibility index (Phi) is 6.58. The van der Waals surface area contributed by atoms with Crippen LogP contribution in [-0.2, 0) is 4.79 Å². The molecule has 0 bridgehead atoms. The Balaban J connectivity index is 1.80. The van der Waals surface area contributed by atoms with Gasteiger partial charge in [0.2, 0.25) is 5.75 Å². The first-order valence-corrected chi connectivity index (χ1v) is 9.45. The van der Waals surface area contributed by atoms with Gasteiger partial charge >= 0.3 is 5.97 Å². The second kappa shape index (κ2) is 9.33. The smallest absolute Gasteiger partial charge is 0.313 e. The first-order valence-electron chi connectivity index (χ1n) is 9.45. The summed E-state index contributed by atoms with van der Waals surface area (Å²) in [4.78, 5) is 33.2. The monoisotopic (exact) mass is 428 g/mol. The molecule has 10 heteroatoms. The molecule has 1 amide bonds. The number of nitrogens with zero attached hydrogens (tertiary/aromatic N) is 3. The number of carbonyl (C=O) groups is 2. The summed E-state index contributed by atoms with van der Waals surface area (Å²) in [5.41, 5.74) is 0.415. The van der Waals surface area contributed by atoms with Crippen LogP contribution < -0.4 is 14.8 Å². The maximum atomic E-state index is 13.1. The van der Waals surface area contributed by atoms with Gasteiger partial charge in [-0.05, 0) is 31.2 Å². The number of amides is 1. The van der Waals surface area contributed by atoms with Gasteiger partial charge in [-0.15, -0.1) is 0 Å². The molecule has 0 spiro atoms. The van der Waals surface area contributed by atoms with E-state index >= 15 is 0 Å². The lowest BCUT2D eigenvalue weighted by Crippen LogP contribution is -2.29. The minimum absolute atomic E-state index is 0.0755. The Morgan fingerprint density at radius 1 is 1.13 bits per heavy atom. The molecule has 0 aliphatic rings. The van der Waals surface area contributed by atoms with E-state index in [1.165, 1.54) is 43.6 Å². The molecule has 0 aliphatic heterocycles. The van der Waals surface area contributed by atoms with Gasteiger partial charge in [-0.2, -0.15) is 4.98 Å². The fraction of sp³-hybridized carbons (Fsp3) is 0.286. The highest BCUT2D eigenvalue weighted by Gasteiger charge is 2.25. The molecule has 0 saturated carbocycles. The number of ether oxygens (including phenoxy) is 2. The molecule has 0 aliphatic carbocycles. The second-order valence-electron chi connectivity index (χ2n) is 6.93. The quantitative estimate of drug-likeness (QED) is 0.570. The average molecular weight is 428 g/mol. The van der Waals surface area contributed by atoms with E-state index in [0.29, 0.717) is 5.56 Å². The molecule has 2 heterocycles. The summed E-state index contributed by atoms with van der Waals surface area (Å²) in [5.74, 6) is -1.44. The third-order valence-corrected chi connectivity index (χ3v) is 4.25. The fourth-order valence-corrected chi connectivity index (χ4v) is 2.52. The molecule has 1 aromatic carbocycles. The minimum atomic E-state index is -0.660. The van der Waals surface area contributed by atoms with E-state index in [1.807, 2.05) is 0 Å². The zero-order valence-corrected chi connectivity index (χ0v) is 17.4. The summed E-state index contributed by atoms with van der Waals surface area (Å²) in [7, 11) is 1.39. The van der Waals surface area contributed by atoms with Crippen LogP contribution in [0.3, 0.4) is 0 Å². The summed E-state index contributed by atoms with van der Waals surface area (Å²) >= 11 is 0. The number of esters is 1. The van der Waals surface area contributed by atoms with Gasteiger partial charge in [0, 0.05) is 17.8 Å². The molecule has 3 rings (SSSR count). The Hall–Kier alpha value is -3.82. The Morgan fingerprint density at radius 2 is 1.84 bits per heavy atom. The molecule has 1 atom stereocenters. The number of rotatable bonds is 7. The number of carbonyl (C=O) groups excluding carboxylic acids is 2. The highest BCUT2D eigenvalue weighted by molar-refractivity contribution is 5.96. The van der Waals surface area contributed by atoms with Crippen LogP contribution in [0, 0.1) is 11.7 Å². The van der Waals surface area contributed by atoms with Crippen molar-refractivity contribution in [3.8, 4) is 23.0 Å². The van der Waals surface area contributed by atoms with Gasteiger partial charge in [-0.1, -0.05) is 19.0 Å². The molecule has 2 aromatic heterocycles. The molecule has 1 N–H and O–H groups in total. The minimum Gasteiger partial charge on any atom is -0.493 e. The molecular formula is C21H21FN4O5. The number of hydrogen-bond donors (Lipinski definition) is 1. The first kappa shape index (κ1) is 21.9. The van der Waals surface area contributed by atoms with Crippen LogP contribution in [-0.4, -0.2) is 34.1 Å². The van der Waals surface area contributed by atoms with Crippen LogP contribution in [0.25, 0.3) is 11.5 Å². The van der Waals surface area contributed by atoms with E-state index in [2.05, 4.69) is 20.4 Å². The lowest BCUT2D eigenvalue weighted by atomic mass is 10.2. The van der Waals surface area contributed by atoms with Crippen molar-refractivity contribution in [3.05, 3.63) is 53.9 Å². The summed E-state index contributed by atoms with van der Waals surface area (Å²) in [6, 6.07) is 6.39. The van der Waals surface area contributed by atoms with Crippen molar-refractivity contribution >= 4 is 11.9 Å². The zero-order chi connectivity index (χ0) is 22.5. The van der Waals surface area contributed by atoms with E-state index in [0.717, 1.165) is 0 Å². The largest absolute Gasteiger partial charge is 0.493 e. The lowest BCUT2D eigenvalue weighted by Gasteiger charge is -2.15. The van der Waals surface area contributed by atoms with Crippen LogP contribution in [0.1, 0.15) is 43.1 Å². The lowest BCUT2D eigenvalue weighted by molar-refractivity contribution is -0.137. The maximum Gasteiger partial charge on any atom is 0.313 e. The molecule has 9 nitrogen and oxygen atoms in total. The van der Waals surface area contributed by atoms with Gasteiger partial charge in [-0.25, -0.2) is 9.37 Å².